The van der Waals surface area contributed by atoms with E-state index in [1.165, 1.54) is 0 Å². The van der Waals surface area contributed by atoms with E-state index >= 15 is 0 Å². The topological polar surface area (TPSA) is 52.0 Å². The van der Waals surface area contributed by atoms with E-state index in [1.54, 1.807) is 0 Å². The van der Waals surface area contributed by atoms with Gasteiger partial charge in [0.2, 0.25) is 0 Å². The third kappa shape index (κ3) is 3.78. The van der Waals surface area contributed by atoms with Crippen molar-refractivity contribution in [3.63, 3.8) is 0 Å². The van der Waals surface area contributed by atoms with Crippen LogP contribution in [0.4, 0.5) is 8.78 Å². The Morgan fingerprint density at radius 2 is 1.67 bits per heavy atom. The Morgan fingerprint density at radius 1 is 1.50 bits per heavy atom. The van der Waals surface area contributed by atoms with Crippen LogP contribution in [0.1, 0.15) is 0 Å². The first-order chi connectivity index (χ1) is 2.56. The van der Waals surface area contributed by atoms with Gasteiger partial charge in [-0.1, -0.05) is 0 Å². The van der Waals surface area contributed by atoms with Gasteiger partial charge in [0.15, 0.2) is 0 Å². The molecular formula is C2H6F2N2. The lowest BCUT2D eigenvalue weighted by Crippen LogP contribution is -2.37. The van der Waals surface area contributed by atoms with Crippen molar-refractivity contribution < 1.29 is 8.78 Å². The maximum atomic E-state index is 11.1. The zero-order valence-electron chi connectivity index (χ0n) is 3.12. The second-order valence-corrected chi connectivity index (χ2v) is 0.965. The van der Waals surface area contributed by atoms with Crippen LogP contribution in [-0.2, 0) is 0 Å². The van der Waals surface area contributed by atoms with Crippen LogP contribution < -0.4 is 11.5 Å². The van der Waals surface area contributed by atoms with Crippen molar-refractivity contribution >= 4 is 0 Å². The summed E-state index contributed by atoms with van der Waals surface area (Å²) in [6.45, 7) is -0.785. The monoisotopic (exact) mass is 96.0 g/mol. The Labute approximate surface area is 34.1 Å². The molecule has 0 aromatic heterocycles. The average molecular weight is 96.1 g/mol. The first kappa shape index (κ1) is 5.78. The minimum absolute atomic E-state index is 0.785. The minimum atomic E-state index is -3.18. The van der Waals surface area contributed by atoms with Gasteiger partial charge in [0.05, 0.1) is 6.54 Å². The summed E-state index contributed by atoms with van der Waals surface area (Å²) in [4.78, 5) is 0. The summed E-state index contributed by atoms with van der Waals surface area (Å²) in [7, 11) is 0. The normalized spacial score (nSPS) is 12.0. The van der Waals surface area contributed by atoms with E-state index in [-0.39, 0.29) is 0 Å². The molecule has 4 N–H and O–H groups in total. The van der Waals surface area contributed by atoms with Gasteiger partial charge in [-0.25, -0.2) is 0 Å². The summed E-state index contributed by atoms with van der Waals surface area (Å²) >= 11 is 0. The fraction of sp³-hybridized carbons (Fsp3) is 1.00. The van der Waals surface area contributed by atoms with Gasteiger partial charge < -0.3 is 5.73 Å². The van der Waals surface area contributed by atoms with Crippen molar-refractivity contribution in [2.45, 2.75) is 6.05 Å². The van der Waals surface area contributed by atoms with Gasteiger partial charge in [0.25, 0.3) is 0 Å². The molecule has 0 fully saturated rings. The lowest BCUT2D eigenvalue weighted by Gasteiger charge is -2.02. The van der Waals surface area contributed by atoms with Crippen LogP contribution in [0.25, 0.3) is 0 Å². The summed E-state index contributed by atoms with van der Waals surface area (Å²) < 4.78 is 22.2. The van der Waals surface area contributed by atoms with Gasteiger partial charge in [-0.2, -0.15) is 8.78 Å². The molecule has 0 radical (unpaired) electrons. The number of alkyl halides is 2. The maximum absolute atomic E-state index is 11.1. The molecule has 0 saturated carbocycles. The minimum Gasteiger partial charge on any atom is -0.324 e. The van der Waals surface area contributed by atoms with Crippen LogP contribution in [0.5, 0.6) is 0 Å². The number of halogens is 2. The molecule has 0 bridgehead atoms. The highest BCUT2D eigenvalue weighted by atomic mass is 19.3. The number of hydrogen-bond donors (Lipinski definition) is 2. The Kier molecular flexibility index (Phi) is 1.43. The van der Waals surface area contributed by atoms with Crippen molar-refractivity contribution in [3.8, 4) is 0 Å². The SMILES string of the molecule is NCC(N)(F)F. The summed E-state index contributed by atoms with van der Waals surface area (Å²) in [5, 5.41) is 0. The van der Waals surface area contributed by atoms with Crippen LogP contribution in [0, 0.1) is 0 Å². The Hall–Kier alpha value is -0.220. The zero-order valence-corrected chi connectivity index (χ0v) is 3.12. The largest absolute Gasteiger partial charge is 0.324 e. The quantitative estimate of drug-likeness (QED) is 0.432. The molecule has 0 aromatic rings. The molecule has 0 amide bonds. The Bertz CT molecular complexity index is 39.3. The smallest absolute Gasteiger partial charge is 0.312 e. The van der Waals surface area contributed by atoms with E-state index in [4.69, 9.17) is 0 Å². The van der Waals surface area contributed by atoms with Crippen molar-refractivity contribution in [2.24, 2.45) is 11.5 Å². The lowest BCUT2D eigenvalue weighted by molar-refractivity contribution is 0.0182. The summed E-state index contributed by atoms with van der Waals surface area (Å²) in [6, 6.07) is -3.18. The fourth-order valence-electron chi connectivity index (χ4n) is 0. The number of hydrogen-bond acceptors (Lipinski definition) is 2. The van der Waals surface area contributed by atoms with Crippen LogP contribution in [0.3, 0.4) is 0 Å². The van der Waals surface area contributed by atoms with Crippen molar-refractivity contribution in [1.82, 2.24) is 0 Å². The Morgan fingerprint density at radius 3 is 1.67 bits per heavy atom. The van der Waals surface area contributed by atoms with E-state index in [1.807, 2.05) is 0 Å². The zero-order chi connectivity index (χ0) is 5.21. The molecule has 6 heavy (non-hydrogen) atoms. The van der Waals surface area contributed by atoms with Gasteiger partial charge in [0.1, 0.15) is 0 Å². The first-order valence-corrected chi connectivity index (χ1v) is 1.43. The van der Waals surface area contributed by atoms with Gasteiger partial charge in [-0.05, 0) is 0 Å². The van der Waals surface area contributed by atoms with Crippen LogP contribution in [0.15, 0.2) is 0 Å². The molecule has 0 aliphatic rings. The molecule has 0 saturated heterocycles. The molecule has 0 aromatic carbocycles. The second kappa shape index (κ2) is 1.49. The number of nitrogens with two attached hydrogens (primary N) is 2. The van der Waals surface area contributed by atoms with Crippen molar-refractivity contribution in [1.29, 1.82) is 0 Å². The third-order valence-electron chi connectivity index (χ3n) is 0.272. The highest BCUT2D eigenvalue weighted by Gasteiger charge is 2.17. The molecule has 0 atom stereocenters. The van der Waals surface area contributed by atoms with E-state index in [0.717, 1.165) is 0 Å². The first-order valence-electron chi connectivity index (χ1n) is 1.43. The highest BCUT2D eigenvalue weighted by Crippen LogP contribution is 1.97. The van der Waals surface area contributed by atoms with Gasteiger partial charge in [-0.3, -0.25) is 5.73 Å². The summed E-state index contributed by atoms with van der Waals surface area (Å²) in [5.41, 5.74) is 8.51. The molecule has 2 nitrogen and oxygen atoms in total. The predicted octanol–water partition coefficient (Wildman–Crippen LogP) is -0.503. The molecule has 38 valence electrons. The maximum Gasteiger partial charge on any atom is 0.312 e. The highest BCUT2D eigenvalue weighted by molar-refractivity contribution is 4.52. The summed E-state index contributed by atoms with van der Waals surface area (Å²) in [5.74, 6) is 0. The van der Waals surface area contributed by atoms with Gasteiger partial charge in [-0.15, -0.1) is 0 Å². The van der Waals surface area contributed by atoms with E-state index in [0.29, 0.717) is 0 Å². The molecular weight excluding hydrogens is 90.0 g/mol. The molecule has 4 heteroatoms. The lowest BCUT2D eigenvalue weighted by atomic mass is 10.6. The standard InChI is InChI=1S/C2H6F2N2/c3-2(4,6)1-5/h1,5-6H2. The van der Waals surface area contributed by atoms with Crippen LogP contribution in [-0.4, -0.2) is 12.6 Å². The molecule has 0 rings (SSSR count). The molecule has 0 spiro atoms. The van der Waals surface area contributed by atoms with E-state index < -0.39 is 12.6 Å². The second-order valence-electron chi connectivity index (χ2n) is 0.965. The molecule has 0 heterocycles. The van der Waals surface area contributed by atoms with Gasteiger partial charge in [0, 0.05) is 0 Å². The Balaban J connectivity index is 3.17. The molecule has 0 unspecified atom stereocenters. The average Bonchev–Trinajstić information content (AvgIpc) is 1.35. The third-order valence-corrected chi connectivity index (χ3v) is 0.272. The molecule has 0 aliphatic heterocycles. The van der Waals surface area contributed by atoms with Crippen LogP contribution >= 0.6 is 0 Å². The van der Waals surface area contributed by atoms with Gasteiger partial charge >= 0.3 is 6.05 Å². The van der Waals surface area contributed by atoms with Crippen LogP contribution in [0.2, 0.25) is 0 Å². The van der Waals surface area contributed by atoms with E-state index in [9.17, 15) is 8.78 Å². The van der Waals surface area contributed by atoms with E-state index in [2.05, 4.69) is 11.5 Å². The fourth-order valence-corrected chi connectivity index (χ4v) is 0. The van der Waals surface area contributed by atoms with Crippen molar-refractivity contribution in [2.75, 3.05) is 6.54 Å². The number of rotatable bonds is 1. The van der Waals surface area contributed by atoms with Crippen molar-refractivity contribution in [3.05, 3.63) is 0 Å². The predicted molar refractivity (Wildman–Crippen MR) is 18.2 cm³/mol. The summed E-state index contributed by atoms with van der Waals surface area (Å²) in [6.07, 6.45) is 0. The molecule has 0 aliphatic carbocycles.